The van der Waals surface area contributed by atoms with E-state index in [9.17, 15) is 4.79 Å². The number of amides is 1. The fraction of sp³-hybridized carbons (Fsp3) is 0.375. The highest BCUT2D eigenvalue weighted by atomic mass is 16.5. The summed E-state index contributed by atoms with van der Waals surface area (Å²) in [7, 11) is 1.63. The number of methoxy groups -OCH3 is 1. The molecule has 0 atom stereocenters. The van der Waals surface area contributed by atoms with Crippen LogP contribution in [0, 0.1) is 0 Å². The molecule has 0 N–H and O–H groups in total. The molecule has 1 saturated heterocycles. The lowest BCUT2D eigenvalue weighted by atomic mass is 10.1. The van der Waals surface area contributed by atoms with Crippen molar-refractivity contribution in [1.29, 1.82) is 0 Å². The Hall–Kier alpha value is -2.10. The Kier molecular flexibility index (Phi) is 3.54. The molecule has 2 heterocycles. The molecule has 4 heteroatoms. The molecule has 1 aromatic carbocycles. The zero-order valence-electron chi connectivity index (χ0n) is 11.6. The summed E-state index contributed by atoms with van der Waals surface area (Å²) in [6, 6.07) is 7.65. The molecule has 2 aromatic rings. The van der Waals surface area contributed by atoms with Gasteiger partial charge in [-0.3, -0.25) is 9.78 Å². The summed E-state index contributed by atoms with van der Waals surface area (Å²) in [5.41, 5.74) is 1.46. The monoisotopic (exact) mass is 270 g/mol. The molecular weight excluding hydrogens is 252 g/mol. The van der Waals surface area contributed by atoms with Crippen molar-refractivity contribution in [2.75, 3.05) is 20.2 Å². The molecule has 4 nitrogen and oxygen atoms in total. The molecule has 0 saturated carbocycles. The van der Waals surface area contributed by atoms with Crippen LogP contribution in [0.2, 0.25) is 0 Å². The van der Waals surface area contributed by atoms with E-state index in [4.69, 9.17) is 4.74 Å². The highest BCUT2D eigenvalue weighted by molar-refractivity contribution is 5.98. The van der Waals surface area contributed by atoms with E-state index < -0.39 is 0 Å². The maximum absolute atomic E-state index is 12.5. The Balaban J connectivity index is 1.94. The number of benzene rings is 1. The molecule has 0 unspecified atom stereocenters. The maximum atomic E-state index is 12.5. The van der Waals surface area contributed by atoms with Crippen molar-refractivity contribution < 1.29 is 9.53 Å². The lowest BCUT2D eigenvalue weighted by molar-refractivity contribution is 0.0724. The van der Waals surface area contributed by atoms with Gasteiger partial charge in [-0.15, -0.1) is 0 Å². The number of para-hydroxylation sites is 1. The number of aromatic nitrogens is 1. The molecule has 20 heavy (non-hydrogen) atoms. The van der Waals surface area contributed by atoms with Gasteiger partial charge in [0, 0.05) is 24.7 Å². The van der Waals surface area contributed by atoms with Crippen LogP contribution in [0.1, 0.15) is 29.6 Å². The SMILES string of the molecule is COc1cccc2cc(C(=O)N3CCCCC3)cnc12. The third-order valence-corrected chi connectivity index (χ3v) is 3.78. The van der Waals surface area contributed by atoms with Gasteiger partial charge in [0.25, 0.3) is 5.91 Å². The van der Waals surface area contributed by atoms with Crippen LogP contribution in [0.25, 0.3) is 10.9 Å². The third kappa shape index (κ3) is 2.33. The molecule has 3 rings (SSSR count). The summed E-state index contributed by atoms with van der Waals surface area (Å²) >= 11 is 0. The average Bonchev–Trinajstić information content (AvgIpc) is 2.53. The number of fused-ring (bicyclic) bond motifs is 1. The first-order valence-electron chi connectivity index (χ1n) is 7.01. The van der Waals surface area contributed by atoms with Crippen molar-refractivity contribution in [1.82, 2.24) is 9.88 Å². The van der Waals surface area contributed by atoms with E-state index >= 15 is 0 Å². The predicted octanol–water partition coefficient (Wildman–Crippen LogP) is 2.87. The van der Waals surface area contributed by atoms with Gasteiger partial charge in [0.15, 0.2) is 0 Å². The smallest absolute Gasteiger partial charge is 0.255 e. The molecule has 1 fully saturated rings. The Morgan fingerprint density at radius 2 is 2.05 bits per heavy atom. The van der Waals surface area contributed by atoms with Gasteiger partial charge in [0.1, 0.15) is 11.3 Å². The fourth-order valence-corrected chi connectivity index (χ4v) is 2.69. The molecule has 1 amide bonds. The van der Waals surface area contributed by atoms with Crippen molar-refractivity contribution in [2.24, 2.45) is 0 Å². The molecule has 0 bridgehead atoms. The summed E-state index contributed by atoms with van der Waals surface area (Å²) in [6.07, 6.45) is 5.07. The van der Waals surface area contributed by atoms with Gasteiger partial charge in [-0.1, -0.05) is 12.1 Å². The Labute approximate surface area is 118 Å². The lowest BCUT2D eigenvalue weighted by Gasteiger charge is -2.26. The number of nitrogens with zero attached hydrogens (tertiary/aromatic N) is 2. The van der Waals surface area contributed by atoms with Gasteiger partial charge in [0.2, 0.25) is 0 Å². The number of likely N-dealkylation sites (tertiary alicyclic amines) is 1. The summed E-state index contributed by atoms with van der Waals surface area (Å²) in [5.74, 6) is 0.821. The molecule has 0 spiro atoms. The average molecular weight is 270 g/mol. The number of ether oxygens (including phenoxy) is 1. The van der Waals surface area contributed by atoms with Crippen LogP contribution in [0.5, 0.6) is 5.75 Å². The zero-order valence-corrected chi connectivity index (χ0v) is 11.6. The number of piperidine rings is 1. The summed E-state index contributed by atoms with van der Waals surface area (Å²) in [5, 5.41) is 0.937. The highest BCUT2D eigenvalue weighted by Gasteiger charge is 2.19. The molecule has 1 aromatic heterocycles. The van der Waals surface area contributed by atoms with E-state index in [0.29, 0.717) is 5.56 Å². The van der Waals surface area contributed by atoms with Crippen molar-refractivity contribution >= 4 is 16.8 Å². The first-order chi connectivity index (χ1) is 9.79. The standard InChI is InChI=1S/C16H18N2O2/c1-20-14-7-5-6-12-10-13(11-17-15(12)14)16(19)18-8-3-2-4-9-18/h5-7,10-11H,2-4,8-9H2,1H3. The minimum Gasteiger partial charge on any atom is -0.494 e. The largest absolute Gasteiger partial charge is 0.494 e. The minimum absolute atomic E-state index is 0.0851. The van der Waals surface area contributed by atoms with Crippen molar-refractivity contribution in [2.45, 2.75) is 19.3 Å². The molecule has 0 radical (unpaired) electrons. The zero-order chi connectivity index (χ0) is 13.9. The quantitative estimate of drug-likeness (QED) is 0.842. The molecule has 0 aliphatic carbocycles. The van der Waals surface area contributed by atoms with Crippen molar-refractivity contribution in [3.8, 4) is 5.75 Å². The first kappa shape index (κ1) is 12.9. The van der Waals surface area contributed by atoms with Gasteiger partial charge in [-0.2, -0.15) is 0 Å². The fourth-order valence-electron chi connectivity index (χ4n) is 2.69. The van der Waals surface area contributed by atoms with Gasteiger partial charge >= 0.3 is 0 Å². The maximum Gasteiger partial charge on any atom is 0.255 e. The molecular formula is C16H18N2O2. The number of carbonyl (C=O) groups excluding carboxylic acids is 1. The van der Waals surface area contributed by atoms with Crippen LogP contribution in [-0.4, -0.2) is 36.0 Å². The van der Waals surface area contributed by atoms with Crippen LogP contribution >= 0.6 is 0 Å². The lowest BCUT2D eigenvalue weighted by Crippen LogP contribution is -2.35. The van der Waals surface area contributed by atoms with Gasteiger partial charge in [-0.25, -0.2) is 0 Å². The summed E-state index contributed by atoms with van der Waals surface area (Å²) < 4.78 is 5.29. The molecule has 1 aliphatic rings. The molecule has 1 aliphatic heterocycles. The Morgan fingerprint density at radius 1 is 1.25 bits per heavy atom. The van der Waals surface area contributed by atoms with Crippen LogP contribution in [0.15, 0.2) is 30.5 Å². The normalized spacial score (nSPS) is 15.3. The van der Waals surface area contributed by atoms with Crippen LogP contribution in [0.3, 0.4) is 0 Å². The van der Waals surface area contributed by atoms with Crippen LogP contribution < -0.4 is 4.74 Å². The van der Waals surface area contributed by atoms with Gasteiger partial charge in [-0.05, 0) is 31.4 Å². The van der Waals surface area contributed by atoms with E-state index in [0.717, 1.165) is 42.6 Å². The second kappa shape index (κ2) is 5.49. The highest BCUT2D eigenvalue weighted by Crippen LogP contribution is 2.24. The van der Waals surface area contributed by atoms with Crippen LogP contribution in [-0.2, 0) is 0 Å². The summed E-state index contributed by atoms with van der Waals surface area (Å²) in [4.78, 5) is 18.8. The van der Waals surface area contributed by atoms with Crippen LogP contribution in [0.4, 0.5) is 0 Å². The van der Waals surface area contributed by atoms with E-state index in [-0.39, 0.29) is 5.91 Å². The number of carbonyl (C=O) groups is 1. The third-order valence-electron chi connectivity index (χ3n) is 3.78. The number of rotatable bonds is 2. The second-order valence-electron chi connectivity index (χ2n) is 5.11. The number of hydrogen-bond donors (Lipinski definition) is 0. The van der Waals surface area contributed by atoms with E-state index in [1.807, 2.05) is 29.2 Å². The predicted molar refractivity (Wildman–Crippen MR) is 78.0 cm³/mol. The second-order valence-corrected chi connectivity index (χ2v) is 5.11. The van der Waals surface area contributed by atoms with E-state index in [1.165, 1.54) is 6.42 Å². The number of pyridine rings is 1. The minimum atomic E-state index is 0.0851. The Bertz CT molecular complexity index is 633. The van der Waals surface area contributed by atoms with E-state index in [1.54, 1.807) is 13.3 Å². The van der Waals surface area contributed by atoms with E-state index in [2.05, 4.69) is 4.98 Å². The van der Waals surface area contributed by atoms with Crippen molar-refractivity contribution in [3.63, 3.8) is 0 Å². The molecule has 104 valence electrons. The van der Waals surface area contributed by atoms with Crippen molar-refractivity contribution in [3.05, 3.63) is 36.0 Å². The van der Waals surface area contributed by atoms with Gasteiger partial charge in [0.05, 0.1) is 12.7 Å². The first-order valence-corrected chi connectivity index (χ1v) is 7.01. The Morgan fingerprint density at radius 3 is 2.80 bits per heavy atom. The number of hydrogen-bond acceptors (Lipinski definition) is 3. The topological polar surface area (TPSA) is 42.4 Å². The van der Waals surface area contributed by atoms with Gasteiger partial charge < -0.3 is 9.64 Å². The summed E-state index contributed by atoms with van der Waals surface area (Å²) in [6.45, 7) is 1.71.